The SMILES string of the molecule is CCOC(=O)CC(C)(C)NCc1ccc(-c2ccccn2)cc1. The van der Waals surface area contributed by atoms with Gasteiger partial charge in [-0.15, -0.1) is 0 Å². The van der Waals surface area contributed by atoms with Crippen LogP contribution in [-0.4, -0.2) is 23.1 Å². The molecule has 0 bridgehead atoms. The highest BCUT2D eigenvalue weighted by molar-refractivity contribution is 5.70. The number of pyridine rings is 1. The first kappa shape index (κ1) is 17.2. The fraction of sp³-hybridized carbons (Fsp3) is 0.368. The van der Waals surface area contributed by atoms with Gasteiger partial charge in [0.25, 0.3) is 0 Å². The summed E-state index contributed by atoms with van der Waals surface area (Å²) in [4.78, 5) is 15.9. The van der Waals surface area contributed by atoms with Crippen molar-refractivity contribution in [1.29, 1.82) is 0 Å². The molecule has 0 unspecified atom stereocenters. The minimum atomic E-state index is -0.300. The molecule has 0 aliphatic rings. The summed E-state index contributed by atoms with van der Waals surface area (Å²) in [6.07, 6.45) is 2.15. The van der Waals surface area contributed by atoms with E-state index >= 15 is 0 Å². The highest BCUT2D eigenvalue weighted by Crippen LogP contribution is 2.17. The number of aromatic nitrogens is 1. The normalized spacial score (nSPS) is 11.3. The van der Waals surface area contributed by atoms with Gasteiger partial charge in [0.05, 0.1) is 18.7 Å². The zero-order valence-corrected chi connectivity index (χ0v) is 14.0. The monoisotopic (exact) mass is 312 g/mol. The van der Waals surface area contributed by atoms with Crippen LogP contribution in [0.15, 0.2) is 48.7 Å². The van der Waals surface area contributed by atoms with Crippen LogP contribution in [0, 0.1) is 0 Å². The lowest BCUT2D eigenvalue weighted by Crippen LogP contribution is -2.41. The number of benzene rings is 1. The van der Waals surface area contributed by atoms with E-state index in [1.54, 1.807) is 6.20 Å². The second-order valence-electron chi connectivity index (χ2n) is 6.13. The highest BCUT2D eigenvalue weighted by Gasteiger charge is 2.21. The van der Waals surface area contributed by atoms with Crippen LogP contribution in [0.25, 0.3) is 11.3 Å². The summed E-state index contributed by atoms with van der Waals surface area (Å²) in [5, 5.41) is 3.41. The minimum absolute atomic E-state index is 0.171. The summed E-state index contributed by atoms with van der Waals surface area (Å²) >= 11 is 0. The number of hydrogen-bond acceptors (Lipinski definition) is 4. The van der Waals surface area contributed by atoms with E-state index in [2.05, 4.69) is 34.6 Å². The molecule has 2 aromatic rings. The number of rotatable bonds is 7. The lowest BCUT2D eigenvalue weighted by atomic mass is 10.00. The number of nitrogens with zero attached hydrogens (tertiary/aromatic N) is 1. The largest absolute Gasteiger partial charge is 0.466 e. The third kappa shape index (κ3) is 5.49. The van der Waals surface area contributed by atoms with Crippen LogP contribution in [0.2, 0.25) is 0 Å². The molecule has 0 aliphatic heterocycles. The smallest absolute Gasteiger partial charge is 0.307 e. The summed E-state index contributed by atoms with van der Waals surface area (Å²) < 4.78 is 5.01. The van der Waals surface area contributed by atoms with Crippen molar-refractivity contribution in [3.63, 3.8) is 0 Å². The molecule has 1 aromatic heterocycles. The summed E-state index contributed by atoms with van der Waals surface area (Å²) in [6, 6.07) is 14.2. The first-order chi connectivity index (χ1) is 11.0. The van der Waals surface area contributed by atoms with Crippen molar-refractivity contribution in [2.24, 2.45) is 0 Å². The summed E-state index contributed by atoms with van der Waals surface area (Å²) in [6.45, 7) is 6.96. The standard InChI is InChI=1S/C19H24N2O2/c1-4-23-18(22)13-19(2,3)21-14-15-8-10-16(11-9-15)17-7-5-6-12-20-17/h5-12,21H,4,13-14H2,1-3H3. The Morgan fingerprint density at radius 2 is 1.91 bits per heavy atom. The number of carbonyl (C=O) groups excluding carboxylic acids is 1. The summed E-state index contributed by atoms with van der Waals surface area (Å²) in [7, 11) is 0. The maximum absolute atomic E-state index is 11.6. The molecule has 0 saturated heterocycles. The Balaban J connectivity index is 1.92. The molecule has 0 atom stereocenters. The Hall–Kier alpha value is -2.20. The van der Waals surface area contributed by atoms with Gasteiger partial charge in [-0.05, 0) is 38.5 Å². The first-order valence-electron chi connectivity index (χ1n) is 7.91. The molecule has 1 N–H and O–H groups in total. The molecule has 122 valence electrons. The lowest BCUT2D eigenvalue weighted by molar-refractivity contribution is -0.144. The molecule has 1 aromatic carbocycles. The maximum Gasteiger partial charge on any atom is 0.307 e. The predicted molar refractivity (Wildman–Crippen MR) is 91.8 cm³/mol. The van der Waals surface area contributed by atoms with Crippen molar-refractivity contribution < 1.29 is 9.53 Å². The Morgan fingerprint density at radius 3 is 2.52 bits per heavy atom. The highest BCUT2D eigenvalue weighted by atomic mass is 16.5. The van der Waals surface area contributed by atoms with E-state index in [0.717, 1.165) is 11.3 Å². The van der Waals surface area contributed by atoms with Gasteiger partial charge in [0.1, 0.15) is 0 Å². The van der Waals surface area contributed by atoms with Gasteiger partial charge in [0.15, 0.2) is 0 Å². The number of hydrogen-bond donors (Lipinski definition) is 1. The zero-order valence-electron chi connectivity index (χ0n) is 14.0. The van der Waals surface area contributed by atoms with Crippen LogP contribution in [0.5, 0.6) is 0 Å². The van der Waals surface area contributed by atoms with Crippen molar-refractivity contribution in [2.45, 2.75) is 39.3 Å². The Morgan fingerprint density at radius 1 is 1.17 bits per heavy atom. The average Bonchev–Trinajstić information content (AvgIpc) is 2.54. The van der Waals surface area contributed by atoms with Gasteiger partial charge in [0.2, 0.25) is 0 Å². The first-order valence-corrected chi connectivity index (χ1v) is 7.91. The van der Waals surface area contributed by atoms with Crippen LogP contribution < -0.4 is 5.32 Å². The van der Waals surface area contributed by atoms with Crippen LogP contribution >= 0.6 is 0 Å². The average molecular weight is 312 g/mol. The molecular formula is C19H24N2O2. The molecule has 0 saturated carbocycles. The van der Waals surface area contributed by atoms with Crippen molar-refractivity contribution in [3.8, 4) is 11.3 Å². The van der Waals surface area contributed by atoms with Crippen molar-refractivity contribution in [2.75, 3.05) is 6.61 Å². The molecule has 0 amide bonds. The van der Waals surface area contributed by atoms with Crippen LogP contribution in [0.4, 0.5) is 0 Å². The molecule has 0 spiro atoms. The molecule has 0 radical (unpaired) electrons. The van der Waals surface area contributed by atoms with E-state index in [0.29, 0.717) is 19.6 Å². The molecule has 23 heavy (non-hydrogen) atoms. The van der Waals surface area contributed by atoms with E-state index in [4.69, 9.17) is 4.74 Å². The van der Waals surface area contributed by atoms with Gasteiger partial charge in [-0.25, -0.2) is 0 Å². The van der Waals surface area contributed by atoms with Crippen LogP contribution in [-0.2, 0) is 16.1 Å². The van der Waals surface area contributed by atoms with E-state index in [1.807, 2.05) is 39.0 Å². The van der Waals surface area contributed by atoms with Gasteiger partial charge in [-0.3, -0.25) is 9.78 Å². The number of ether oxygens (including phenoxy) is 1. The molecule has 2 rings (SSSR count). The molecule has 0 fully saturated rings. The van der Waals surface area contributed by atoms with E-state index in [-0.39, 0.29) is 11.5 Å². The molecule has 1 heterocycles. The van der Waals surface area contributed by atoms with Gasteiger partial charge >= 0.3 is 5.97 Å². The van der Waals surface area contributed by atoms with E-state index in [9.17, 15) is 4.79 Å². The summed E-state index contributed by atoms with van der Waals surface area (Å²) in [5.74, 6) is -0.171. The van der Waals surface area contributed by atoms with Crippen molar-refractivity contribution in [1.82, 2.24) is 10.3 Å². The second-order valence-corrected chi connectivity index (χ2v) is 6.13. The quantitative estimate of drug-likeness (QED) is 0.794. The van der Waals surface area contributed by atoms with Gasteiger partial charge in [-0.2, -0.15) is 0 Å². The minimum Gasteiger partial charge on any atom is -0.466 e. The van der Waals surface area contributed by atoms with Gasteiger partial charge < -0.3 is 10.1 Å². The molecule has 4 heteroatoms. The van der Waals surface area contributed by atoms with Crippen LogP contribution in [0.3, 0.4) is 0 Å². The zero-order chi connectivity index (χ0) is 16.7. The summed E-state index contributed by atoms with van der Waals surface area (Å²) in [5.41, 5.74) is 2.93. The molecule has 0 aliphatic carbocycles. The number of nitrogens with one attached hydrogen (secondary N) is 1. The molecular weight excluding hydrogens is 288 g/mol. The topological polar surface area (TPSA) is 51.2 Å². The predicted octanol–water partition coefficient (Wildman–Crippen LogP) is 3.57. The van der Waals surface area contributed by atoms with Gasteiger partial charge in [-0.1, -0.05) is 30.3 Å². The van der Waals surface area contributed by atoms with Gasteiger partial charge in [0, 0.05) is 23.8 Å². The number of esters is 1. The van der Waals surface area contributed by atoms with Crippen molar-refractivity contribution >= 4 is 5.97 Å². The Kier molecular flexibility index (Phi) is 5.88. The third-order valence-electron chi connectivity index (χ3n) is 3.58. The Labute approximate surface area is 137 Å². The van der Waals surface area contributed by atoms with E-state index < -0.39 is 0 Å². The van der Waals surface area contributed by atoms with Crippen molar-refractivity contribution in [3.05, 3.63) is 54.2 Å². The fourth-order valence-corrected chi connectivity index (χ4v) is 2.30. The third-order valence-corrected chi connectivity index (χ3v) is 3.58. The number of carbonyl (C=O) groups is 1. The maximum atomic E-state index is 11.6. The van der Waals surface area contributed by atoms with Crippen LogP contribution in [0.1, 0.15) is 32.8 Å². The fourth-order valence-electron chi connectivity index (χ4n) is 2.30. The van der Waals surface area contributed by atoms with E-state index in [1.165, 1.54) is 5.56 Å². The Bertz CT molecular complexity index is 622. The lowest BCUT2D eigenvalue weighted by Gasteiger charge is -2.25. The molecule has 4 nitrogen and oxygen atoms in total. The second kappa shape index (κ2) is 7.88.